The van der Waals surface area contributed by atoms with E-state index in [1.807, 2.05) is 30.3 Å². The highest BCUT2D eigenvalue weighted by atomic mass is 19.1. The number of furan rings is 1. The van der Waals surface area contributed by atoms with Gasteiger partial charge in [0.05, 0.1) is 12.8 Å². The van der Waals surface area contributed by atoms with Gasteiger partial charge in [-0.25, -0.2) is 4.39 Å². The van der Waals surface area contributed by atoms with Crippen molar-refractivity contribution in [3.05, 3.63) is 89.9 Å². The van der Waals surface area contributed by atoms with E-state index in [0.29, 0.717) is 42.8 Å². The van der Waals surface area contributed by atoms with Crippen molar-refractivity contribution in [3.8, 4) is 5.75 Å². The summed E-state index contributed by atoms with van der Waals surface area (Å²) in [5.41, 5.74) is 2.07. The van der Waals surface area contributed by atoms with Gasteiger partial charge in [-0.3, -0.25) is 9.59 Å². The van der Waals surface area contributed by atoms with Gasteiger partial charge in [0, 0.05) is 37.1 Å². The zero-order valence-electron chi connectivity index (χ0n) is 19.2. The van der Waals surface area contributed by atoms with Crippen molar-refractivity contribution >= 4 is 34.2 Å². The molecule has 1 fully saturated rings. The minimum absolute atomic E-state index is 0.0763. The summed E-state index contributed by atoms with van der Waals surface area (Å²) in [7, 11) is 1.64. The molecule has 35 heavy (non-hydrogen) atoms. The average Bonchev–Trinajstić information content (AvgIpc) is 3.27. The van der Waals surface area contributed by atoms with Gasteiger partial charge in [-0.15, -0.1) is 0 Å². The summed E-state index contributed by atoms with van der Waals surface area (Å²) in [6.07, 6.45) is 0. The molecule has 1 saturated heterocycles. The Balaban J connectivity index is 1.38. The quantitative estimate of drug-likeness (QED) is 0.451. The van der Waals surface area contributed by atoms with Gasteiger partial charge in [-0.05, 0) is 48.5 Å². The lowest BCUT2D eigenvalue weighted by atomic mass is 10.1. The van der Waals surface area contributed by atoms with Crippen LogP contribution >= 0.6 is 0 Å². The fourth-order valence-corrected chi connectivity index (χ4v) is 4.29. The molecule has 0 aliphatic carbocycles. The Morgan fingerprint density at radius 1 is 0.914 bits per heavy atom. The lowest BCUT2D eigenvalue weighted by molar-refractivity contribution is 0.0718. The molecule has 0 unspecified atom stereocenters. The van der Waals surface area contributed by atoms with E-state index in [2.05, 4.69) is 10.2 Å². The van der Waals surface area contributed by atoms with Crippen LogP contribution in [0.4, 0.5) is 15.8 Å². The second kappa shape index (κ2) is 9.50. The molecule has 1 aliphatic heterocycles. The predicted molar refractivity (Wildman–Crippen MR) is 132 cm³/mol. The molecule has 178 valence electrons. The number of carbonyl (C=O) groups is 2. The number of hydrogen-bond donors (Lipinski definition) is 1. The number of halogens is 1. The molecular formula is C27H24FN3O4. The number of hydrogen-bond acceptors (Lipinski definition) is 5. The summed E-state index contributed by atoms with van der Waals surface area (Å²) in [5, 5.41) is 3.43. The first-order chi connectivity index (χ1) is 17.0. The van der Waals surface area contributed by atoms with Crippen LogP contribution in [-0.4, -0.2) is 50.0 Å². The Labute approximate surface area is 201 Å². The van der Waals surface area contributed by atoms with E-state index in [1.54, 1.807) is 30.2 Å². The number of nitrogens with one attached hydrogen (secondary N) is 1. The van der Waals surface area contributed by atoms with Gasteiger partial charge in [0.25, 0.3) is 11.8 Å². The minimum atomic E-state index is -0.452. The number of methoxy groups -OCH3 is 1. The molecule has 0 spiro atoms. The van der Waals surface area contributed by atoms with Gasteiger partial charge in [0.1, 0.15) is 22.8 Å². The molecule has 1 aromatic heterocycles. The van der Waals surface area contributed by atoms with Crippen molar-refractivity contribution in [1.82, 2.24) is 4.90 Å². The molecule has 5 rings (SSSR count). The van der Waals surface area contributed by atoms with Gasteiger partial charge < -0.3 is 24.3 Å². The van der Waals surface area contributed by atoms with Gasteiger partial charge in [0.15, 0.2) is 0 Å². The van der Waals surface area contributed by atoms with E-state index in [4.69, 9.17) is 9.15 Å². The molecular weight excluding hydrogens is 449 g/mol. The van der Waals surface area contributed by atoms with Crippen LogP contribution in [0.5, 0.6) is 5.75 Å². The molecule has 2 amide bonds. The first-order valence-corrected chi connectivity index (χ1v) is 11.3. The molecule has 0 saturated carbocycles. The fraction of sp³-hybridized carbons (Fsp3) is 0.185. The third-order valence-corrected chi connectivity index (χ3v) is 6.13. The van der Waals surface area contributed by atoms with E-state index < -0.39 is 11.7 Å². The van der Waals surface area contributed by atoms with E-state index >= 15 is 0 Å². The SMILES string of the molecule is COc1ccccc1N1CCN(C(=O)c2oc3ccccc3c2NC(=O)c2ccc(F)cc2)CC1. The standard InChI is InChI=1S/C27H24FN3O4/c1-34-23-9-5-3-7-21(23)30-14-16-31(17-15-30)27(33)25-24(20-6-2-4-8-22(20)35-25)29-26(32)18-10-12-19(28)13-11-18/h2-13H,14-17H2,1H3,(H,29,32). The predicted octanol–water partition coefficient (Wildman–Crippen LogP) is 4.80. The van der Waals surface area contributed by atoms with Gasteiger partial charge in [-0.2, -0.15) is 0 Å². The highest BCUT2D eigenvalue weighted by molar-refractivity contribution is 6.14. The van der Waals surface area contributed by atoms with Crippen molar-refractivity contribution in [2.24, 2.45) is 0 Å². The third-order valence-electron chi connectivity index (χ3n) is 6.13. The van der Waals surface area contributed by atoms with Crippen LogP contribution in [0.3, 0.4) is 0 Å². The zero-order chi connectivity index (χ0) is 24.4. The van der Waals surface area contributed by atoms with E-state index in [-0.39, 0.29) is 17.2 Å². The smallest absolute Gasteiger partial charge is 0.291 e. The molecule has 0 radical (unpaired) electrons. The maximum absolute atomic E-state index is 13.5. The molecule has 4 aromatic rings. The largest absolute Gasteiger partial charge is 0.495 e. The second-order valence-corrected chi connectivity index (χ2v) is 8.21. The van der Waals surface area contributed by atoms with E-state index in [0.717, 1.165) is 11.4 Å². The van der Waals surface area contributed by atoms with Crippen molar-refractivity contribution in [1.29, 1.82) is 0 Å². The first kappa shape index (κ1) is 22.5. The molecule has 1 N–H and O–H groups in total. The number of rotatable bonds is 5. The number of ether oxygens (including phenoxy) is 1. The Hall–Kier alpha value is -4.33. The fourth-order valence-electron chi connectivity index (χ4n) is 4.29. The molecule has 1 aliphatic rings. The number of anilines is 2. The highest BCUT2D eigenvalue weighted by Crippen LogP contribution is 2.33. The monoisotopic (exact) mass is 473 g/mol. The Kier molecular flexibility index (Phi) is 6.10. The number of nitrogens with zero attached hydrogens (tertiary/aromatic N) is 2. The molecule has 8 heteroatoms. The summed E-state index contributed by atoms with van der Waals surface area (Å²) < 4.78 is 24.7. The molecule has 3 aromatic carbocycles. The van der Waals surface area contributed by atoms with Crippen LogP contribution in [-0.2, 0) is 0 Å². The summed E-state index contributed by atoms with van der Waals surface area (Å²) in [6, 6.07) is 20.2. The van der Waals surface area contributed by atoms with Gasteiger partial charge >= 0.3 is 0 Å². The lowest BCUT2D eigenvalue weighted by Crippen LogP contribution is -2.49. The third kappa shape index (κ3) is 4.42. The summed E-state index contributed by atoms with van der Waals surface area (Å²) in [4.78, 5) is 30.3. The van der Waals surface area contributed by atoms with E-state index in [9.17, 15) is 14.0 Å². The van der Waals surface area contributed by atoms with Crippen molar-refractivity contribution in [2.75, 3.05) is 43.5 Å². The molecule has 2 heterocycles. The maximum Gasteiger partial charge on any atom is 0.291 e. The summed E-state index contributed by atoms with van der Waals surface area (Å²) >= 11 is 0. The summed E-state index contributed by atoms with van der Waals surface area (Å²) in [5.74, 6) is -0.317. The number of para-hydroxylation sites is 3. The highest BCUT2D eigenvalue weighted by Gasteiger charge is 2.29. The van der Waals surface area contributed by atoms with Crippen LogP contribution < -0.4 is 15.0 Å². The molecule has 0 bridgehead atoms. The number of fused-ring (bicyclic) bond motifs is 1. The zero-order valence-corrected chi connectivity index (χ0v) is 19.2. The normalized spacial score (nSPS) is 13.7. The van der Waals surface area contributed by atoms with Crippen molar-refractivity contribution in [2.45, 2.75) is 0 Å². The van der Waals surface area contributed by atoms with Gasteiger partial charge in [-0.1, -0.05) is 24.3 Å². The summed E-state index contributed by atoms with van der Waals surface area (Å²) in [6.45, 7) is 2.23. The van der Waals surface area contributed by atoms with Crippen LogP contribution in [0.25, 0.3) is 11.0 Å². The van der Waals surface area contributed by atoms with Crippen LogP contribution in [0.1, 0.15) is 20.9 Å². The Bertz CT molecular complexity index is 1370. The van der Waals surface area contributed by atoms with Crippen LogP contribution in [0.15, 0.2) is 77.2 Å². The maximum atomic E-state index is 13.5. The van der Waals surface area contributed by atoms with Crippen molar-refractivity contribution in [3.63, 3.8) is 0 Å². The Morgan fingerprint density at radius 3 is 2.34 bits per heavy atom. The molecule has 7 nitrogen and oxygen atoms in total. The van der Waals surface area contributed by atoms with E-state index in [1.165, 1.54) is 24.3 Å². The van der Waals surface area contributed by atoms with Crippen molar-refractivity contribution < 1.29 is 23.1 Å². The molecule has 0 atom stereocenters. The average molecular weight is 474 g/mol. The minimum Gasteiger partial charge on any atom is -0.495 e. The van der Waals surface area contributed by atoms with Crippen LogP contribution in [0.2, 0.25) is 0 Å². The second-order valence-electron chi connectivity index (χ2n) is 8.21. The number of benzene rings is 3. The number of amides is 2. The first-order valence-electron chi connectivity index (χ1n) is 11.3. The van der Waals surface area contributed by atoms with Crippen LogP contribution in [0, 0.1) is 5.82 Å². The number of carbonyl (C=O) groups excluding carboxylic acids is 2. The Morgan fingerprint density at radius 2 is 1.60 bits per heavy atom. The number of piperazine rings is 1. The van der Waals surface area contributed by atoms with Gasteiger partial charge in [0.2, 0.25) is 5.76 Å². The lowest BCUT2D eigenvalue weighted by Gasteiger charge is -2.36. The topological polar surface area (TPSA) is 75.0 Å².